The molecule has 0 saturated heterocycles. The van der Waals surface area contributed by atoms with Gasteiger partial charge in [0.1, 0.15) is 5.82 Å². The van der Waals surface area contributed by atoms with Crippen LogP contribution in [0, 0.1) is 10.5 Å². The van der Waals surface area contributed by atoms with Crippen molar-refractivity contribution in [1.82, 2.24) is 9.97 Å². The third kappa shape index (κ3) is 3.63. The van der Waals surface area contributed by atoms with Crippen molar-refractivity contribution in [2.75, 3.05) is 17.6 Å². The highest BCUT2D eigenvalue weighted by atomic mass is 127. The summed E-state index contributed by atoms with van der Waals surface area (Å²) in [4.78, 5) is 10.5. The molecule has 2 aromatic rings. The SMILES string of the molecule is CCNc1nc(-c2ccc(SCC)cc2)nc(C)c1I. The molecule has 5 heteroatoms. The number of nitrogens with zero attached hydrogens (tertiary/aromatic N) is 2. The maximum absolute atomic E-state index is 4.63. The van der Waals surface area contributed by atoms with E-state index in [1.807, 2.05) is 18.7 Å². The Hall–Kier alpha value is -0.820. The second-order valence-corrected chi connectivity index (χ2v) is 6.70. The van der Waals surface area contributed by atoms with Gasteiger partial charge in [0.15, 0.2) is 5.82 Å². The van der Waals surface area contributed by atoms with E-state index in [1.54, 1.807) is 0 Å². The lowest BCUT2D eigenvalue weighted by molar-refractivity contribution is 1.06. The fourth-order valence-electron chi connectivity index (χ4n) is 1.84. The first kappa shape index (κ1) is 15.6. The molecule has 2 rings (SSSR count). The number of halogens is 1. The number of nitrogens with one attached hydrogen (secondary N) is 1. The zero-order valence-corrected chi connectivity index (χ0v) is 14.9. The topological polar surface area (TPSA) is 37.8 Å². The third-order valence-corrected chi connectivity index (χ3v) is 4.97. The van der Waals surface area contributed by atoms with E-state index in [4.69, 9.17) is 0 Å². The number of aromatic nitrogens is 2. The minimum atomic E-state index is 0.784. The molecule has 0 atom stereocenters. The first-order valence-electron chi connectivity index (χ1n) is 6.67. The molecular formula is C15H18IN3S. The summed E-state index contributed by atoms with van der Waals surface area (Å²) in [5.74, 6) is 2.79. The van der Waals surface area contributed by atoms with E-state index in [-0.39, 0.29) is 0 Å². The van der Waals surface area contributed by atoms with Crippen LogP contribution in [0.4, 0.5) is 5.82 Å². The smallest absolute Gasteiger partial charge is 0.161 e. The van der Waals surface area contributed by atoms with Crippen molar-refractivity contribution in [2.45, 2.75) is 25.7 Å². The van der Waals surface area contributed by atoms with E-state index in [0.717, 1.165) is 38.8 Å². The number of thioether (sulfide) groups is 1. The predicted octanol–water partition coefficient (Wildman–Crippen LogP) is 4.60. The molecule has 0 unspecified atom stereocenters. The van der Waals surface area contributed by atoms with Gasteiger partial charge in [0, 0.05) is 17.0 Å². The van der Waals surface area contributed by atoms with E-state index in [0.29, 0.717) is 0 Å². The Morgan fingerprint density at radius 3 is 2.45 bits per heavy atom. The van der Waals surface area contributed by atoms with Crippen LogP contribution in [0.2, 0.25) is 0 Å². The lowest BCUT2D eigenvalue weighted by Gasteiger charge is -2.10. The van der Waals surface area contributed by atoms with Crippen LogP contribution in [-0.2, 0) is 0 Å². The summed E-state index contributed by atoms with van der Waals surface area (Å²) in [5.41, 5.74) is 2.07. The number of aryl methyl sites for hydroxylation is 1. The van der Waals surface area contributed by atoms with E-state index in [9.17, 15) is 0 Å². The molecule has 0 aliphatic carbocycles. The molecule has 0 fully saturated rings. The van der Waals surface area contributed by atoms with Crippen LogP contribution in [0.1, 0.15) is 19.5 Å². The monoisotopic (exact) mass is 399 g/mol. The first-order valence-corrected chi connectivity index (χ1v) is 8.73. The number of benzene rings is 1. The summed E-state index contributed by atoms with van der Waals surface area (Å²) in [7, 11) is 0. The van der Waals surface area contributed by atoms with E-state index in [2.05, 4.69) is 76.0 Å². The highest BCUT2D eigenvalue weighted by molar-refractivity contribution is 14.1. The van der Waals surface area contributed by atoms with Gasteiger partial charge in [-0.15, -0.1) is 11.8 Å². The minimum Gasteiger partial charge on any atom is -0.369 e. The normalized spacial score (nSPS) is 10.6. The molecule has 3 nitrogen and oxygen atoms in total. The van der Waals surface area contributed by atoms with Gasteiger partial charge in [0.05, 0.1) is 9.26 Å². The molecule has 0 bridgehead atoms. The molecule has 20 heavy (non-hydrogen) atoms. The molecule has 0 saturated carbocycles. The Morgan fingerprint density at radius 1 is 1.15 bits per heavy atom. The van der Waals surface area contributed by atoms with Gasteiger partial charge in [-0.2, -0.15) is 0 Å². The minimum absolute atomic E-state index is 0.784. The standard InChI is InChI=1S/C15H18IN3S/c1-4-17-15-13(16)10(3)18-14(19-15)11-6-8-12(9-7-11)20-5-2/h6-9H,4-5H2,1-3H3,(H,17,18,19). The van der Waals surface area contributed by atoms with Crippen molar-refractivity contribution in [3.05, 3.63) is 33.5 Å². The molecule has 0 spiro atoms. The Morgan fingerprint density at radius 2 is 1.85 bits per heavy atom. The van der Waals surface area contributed by atoms with Crippen molar-refractivity contribution in [1.29, 1.82) is 0 Å². The van der Waals surface area contributed by atoms with Crippen LogP contribution in [0.25, 0.3) is 11.4 Å². The van der Waals surface area contributed by atoms with Crippen molar-refractivity contribution in [3.8, 4) is 11.4 Å². The Bertz CT molecular complexity index is 584. The molecule has 0 aliphatic heterocycles. The molecule has 1 aromatic carbocycles. The fourth-order valence-corrected chi connectivity index (χ4v) is 2.93. The highest BCUT2D eigenvalue weighted by Crippen LogP contribution is 2.25. The molecule has 0 amide bonds. The van der Waals surface area contributed by atoms with Gasteiger partial charge in [-0.3, -0.25) is 0 Å². The molecule has 0 radical (unpaired) electrons. The van der Waals surface area contributed by atoms with Gasteiger partial charge >= 0.3 is 0 Å². The summed E-state index contributed by atoms with van der Waals surface area (Å²) in [5, 5.41) is 3.30. The van der Waals surface area contributed by atoms with Gasteiger partial charge in [-0.05, 0) is 54.3 Å². The van der Waals surface area contributed by atoms with E-state index in [1.165, 1.54) is 4.90 Å². The summed E-state index contributed by atoms with van der Waals surface area (Å²) in [6, 6.07) is 8.45. The average Bonchev–Trinajstić information content (AvgIpc) is 2.45. The van der Waals surface area contributed by atoms with Crippen molar-refractivity contribution in [3.63, 3.8) is 0 Å². The molecule has 1 aromatic heterocycles. The van der Waals surface area contributed by atoms with Crippen LogP contribution >= 0.6 is 34.4 Å². The summed E-state index contributed by atoms with van der Waals surface area (Å²) >= 11 is 4.13. The van der Waals surface area contributed by atoms with E-state index >= 15 is 0 Å². The molecule has 0 aliphatic rings. The van der Waals surface area contributed by atoms with Gasteiger partial charge in [0.25, 0.3) is 0 Å². The van der Waals surface area contributed by atoms with Gasteiger partial charge in [0.2, 0.25) is 0 Å². The summed E-state index contributed by atoms with van der Waals surface area (Å²) < 4.78 is 1.09. The number of hydrogen-bond acceptors (Lipinski definition) is 4. The Labute approximate surface area is 138 Å². The van der Waals surface area contributed by atoms with Gasteiger partial charge in [-0.1, -0.05) is 19.1 Å². The number of hydrogen-bond donors (Lipinski definition) is 1. The maximum atomic E-state index is 4.63. The molecular weight excluding hydrogens is 381 g/mol. The van der Waals surface area contributed by atoms with Crippen molar-refractivity contribution >= 4 is 40.2 Å². The van der Waals surface area contributed by atoms with Crippen LogP contribution in [0.15, 0.2) is 29.2 Å². The second-order valence-electron chi connectivity index (χ2n) is 4.28. The first-order chi connectivity index (χ1) is 9.65. The number of anilines is 1. The van der Waals surface area contributed by atoms with Crippen LogP contribution < -0.4 is 5.32 Å². The zero-order chi connectivity index (χ0) is 14.5. The second kappa shape index (κ2) is 7.26. The number of rotatable bonds is 5. The summed E-state index contributed by atoms with van der Waals surface area (Å²) in [6.45, 7) is 7.11. The highest BCUT2D eigenvalue weighted by Gasteiger charge is 2.10. The lowest BCUT2D eigenvalue weighted by atomic mass is 10.2. The Kier molecular flexibility index (Phi) is 5.65. The van der Waals surface area contributed by atoms with E-state index < -0.39 is 0 Å². The Balaban J connectivity index is 2.36. The lowest BCUT2D eigenvalue weighted by Crippen LogP contribution is -2.06. The largest absolute Gasteiger partial charge is 0.369 e. The van der Waals surface area contributed by atoms with Gasteiger partial charge in [-0.25, -0.2) is 9.97 Å². The van der Waals surface area contributed by atoms with Crippen molar-refractivity contribution < 1.29 is 0 Å². The zero-order valence-electron chi connectivity index (χ0n) is 11.9. The van der Waals surface area contributed by atoms with Crippen LogP contribution in [0.5, 0.6) is 0 Å². The quantitative estimate of drug-likeness (QED) is 0.589. The summed E-state index contributed by atoms with van der Waals surface area (Å²) in [6.07, 6.45) is 0. The van der Waals surface area contributed by atoms with Crippen LogP contribution in [-0.4, -0.2) is 22.3 Å². The third-order valence-electron chi connectivity index (χ3n) is 2.78. The fraction of sp³-hybridized carbons (Fsp3) is 0.333. The molecule has 1 heterocycles. The predicted molar refractivity (Wildman–Crippen MR) is 95.5 cm³/mol. The molecule has 1 N–H and O–H groups in total. The van der Waals surface area contributed by atoms with Gasteiger partial charge < -0.3 is 5.32 Å². The molecule has 106 valence electrons. The average molecular weight is 399 g/mol. The maximum Gasteiger partial charge on any atom is 0.161 e. The van der Waals surface area contributed by atoms with Crippen LogP contribution in [0.3, 0.4) is 0 Å². The van der Waals surface area contributed by atoms with Crippen molar-refractivity contribution in [2.24, 2.45) is 0 Å².